The van der Waals surface area contributed by atoms with Crippen molar-refractivity contribution in [3.05, 3.63) is 28.8 Å². The van der Waals surface area contributed by atoms with Crippen molar-refractivity contribution in [2.24, 2.45) is 0 Å². The molecular formula is C14H22O2. The van der Waals surface area contributed by atoms with Gasteiger partial charge >= 0.3 is 0 Å². The quantitative estimate of drug-likeness (QED) is 0.594. The number of aryl methyl sites for hydroxylation is 1. The Hall–Kier alpha value is -1.02. The molecule has 2 heteroatoms. The molecule has 0 aliphatic rings. The van der Waals surface area contributed by atoms with E-state index in [1.807, 2.05) is 6.07 Å². The van der Waals surface area contributed by atoms with Gasteiger partial charge in [0.1, 0.15) is 0 Å². The van der Waals surface area contributed by atoms with E-state index in [1.54, 1.807) is 0 Å². The number of hydrogen-bond acceptors (Lipinski definition) is 2. The Labute approximate surface area is 98.2 Å². The van der Waals surface area contributed by atoms with E-state index in [1.165, 1.54) is 5.56 Å². The van der Waals surface area contributed by atoms with Crippen molar-refractivity contribution in [2.75, 3.05) is 0 Å². The van der Waals surface area contributed by atoms with Crippen LogP contribution in [-0.4, -0.2) is 5.26 Å². The Morgan fingerprint density at radius 1 is 1.31 bits per heavy atom. The highest BCUT2D eigenvalue weighted by Crippen LogP contribution is 2.33. The standard InChI is InChI=1S/C14H22O2/c1-5-6-7-13-11(4)8-9-12(10(2)3)14(13)16-15/h8-10,15H,5-7H2,1-4H3. The van der Waals surface area contributed by atoms with Gasteiger partial charge in [0.25, 0.3) is 0 Å². The third kappa shape index (κ3) is 2.76. The molecule has 0 atom stereocenters. The summed E-state index contributed by atoms with van der Waals surface area (Å²) in [4.78, 5) is 4.62. The molecule has 2 nitrogen and oxygen atoms in total. The zero-order valence-electron chi connectivity index (χ0n) is 10.7. The molecule has 0 amide bonds. The summed E-state index contributed by atoms with van der Waals surface area (Å²) in [6.45, 7) is 8.45. The zero-order valence-corrected chi connectivity index (χ0v) is 10.7. The molecular weight excluding hydrogens is 200 g/mol. The second kappa shape index (κ2) is 5.90. The average molecular weight is 222 g/mol. The fourth-order valence-corrected chi connectivity index (χ4v) is 1.97. The van der Waals surface area contributed by atoms with E-state index in [0.29, 0.717) is 11.7 Å². The predicted octanol–water partition coefficient (Wildman–Crippen LogP) is 4.31. The Morgan fingerprint density at radius 3 is 2.50 bits per heavy atom. The van der Waals surface area contributed by atoms with E-state index in [9.17, 15) is 0 Å². The first-order valence-corrected chi connectivity index (χ1v) is 6.05. The van der Waals surface area contributed by atoms with E-state index in [2.05, 4.69) is 38.6 Å². The van der Waals surface area contributed by atoms with Gasteiger partial charge in [0.15, 0.2) is 5.75 Å². The first kappa shape index (κ1) is 13.0. The largest absolute Gasteiger partial charge is 0.340 e. The van der Waals surface area contributed by atoms with Crippen LogP contribution in [0.4, 0.5) is 0 Å². The molecule has 0 aliphatic carbocycles. The smallest absolute Gasteiger partial charge is 0.171 e. The first-order chi connectivity index (χ1) is 7.61. The van der Waals surface area contributed by atoms with Crippen LogP contribution in [-0.2, 0) is 6.42 Å². The minimum Gasteiger partial charge on any atom is -0.340 e. The van der Waals surface area contributed by atoms with E-state index in [0.717, 1.165) is 30.4 Å². The van der Waals surface area contributed by atoms with Crippen molar-refractivity contribution in [1.29, 1.82) is 0 Å². The summed E-state index contributed by atoms with van der Waals surface area (Å²) in [5.74, 6) is 1.03. The van der Waals surface area contributed by atoms with E-state index < -0.39 is 0 Å². The molecule has 0 fully saturated rings. The first-order valence-electron chi connectivity index (χ1n) is 6.05. The molecule has 0 radical (unpaired) electrons. The Balaban J connectivity index is 3.16. The van der Waals surface area contributed by atoms with Crippen LogP contribution < -0.4 is 4.89 Å². The summed E-state index contributed by atoms with van der Waals surface area (Å²) in [6.07, 6.45) is 3.24. The van der Waals surface area contributed by atoms with Gasteiger partial charge in [-0.2, -0.15) is 0 Å². The minimum atomic E-state index is 0.364. The molecule has 90 valence electrons. The maximum atomic E-state index is 9.07. The van der Waals surface area contributed by atoms with Crippen molar-refractivity contribution in [3.8, 4) is 5.75 Å². The van der Waals surface area contributed by atoms with Gasteiger partial charge < -0.3 is 4.89 Å². The zero-order chi connectivity index (χ0) is 12.1. The highest BCUT2D eigenvalue weighted by molar-refractivity contribution is 5.47. The summed E-state index contributed by atoms with van der Waals surface area (Å²) in [5, 5.41) is 9.07. The van der Waals surface area contributed by atoms with Crippen molar-refractivity contribution in [2.45, 2.75) is 52.9 Å². The van der Waals surface area contributed by atoms with E-state index in [4.69, 9.17) is 5.26 Å². The Bertz CT molecular complexity index is 343. The molecule has 1 aromatic rings. The summed E-state index contributed by atoms with van der Waals surface area (Å²) in [7, 11) is 0. The lowest BCUT2D eigenvalue weighted by atomic mass is 9.93. The van der Waals surface area contributed by atoms with Crippen LogP contribution in [0.1, 0.15) is 56.2 Å². The summed E-state index contributed by atoms with van der Waals surface area (Å²) >= 11 is 0. The lowest BCUT2D eigenvalue weighted by Crippen LogP contribution is -2.02. The van der Waals surface area contributed by atoms with Gasteiger partial charge in [0.05, 0.1) is 0 Å². The second-order valence-corrected chi connectivity index (χ2v) is 4.63. The van der Waals surface area contributed by atoms with Gasteiger partial charge in [0.2, 0.25) is 0 Å². The molecule has 16 heavy (non-hydrogen) atoms. The van der Waals surface area contributed by atoms with Gasteiger partial charge in [-0.3, -0.25) is 0 Å². The van der Waals surface area contributed by atoms with Gasteiger partial charge in [-0.05, 0) is 31.2 Å². The molecule has 0 saturated carbocycles. The van der Waals surface area contributed by atoms with Crippen LogP contribution in [0.5, 0.6) is 5.75 Å². The lowest BCUT2D eigenvalue weighted by molar-refractivity contribution is -0.139. The van der Waals surface area contributed by atoms with Gasteiger partial charge in [-0.15, -0.1) is 0 Å². The molecule has 1 aromatic carbocycles. The molecule has 0 aromatic heterocycles. The van der Waals surface area contributed by atoms with Crippen LogP contribution in [0.2, 0.25) is 0 Å². The lowest BCUT2D eigenvalue weighted by Gasteiger charge is -2.16. The predicted molar refractivity (Wildman–Crippen MR) is 67.1 cm³/mol. The molecule has 1 rings (SSSR count). The molecule has 0 saturated heterocycles. The van der Waals surface area contributed by atoms with E-state index in [-0.39, 0.29) is 0 Å². The Kier molecular flexibility index (Phi) is 4.81. The van der Waals surface area contributed by atoms with Crippen molar-refractivity contribution in [3.63, 3.8) is 0 Å². The highest BCUT2D eigenvalue weighted by Gasteiger charge is 2.15. The molecule has 1 N–H and O–H groups in total. The maximum absolute atomic E-state index is 9.07. The Morgan fingerprint density at radius 2 is 2.00 bits per heavy atom. The van der Waals surface area contributed by atoms with E-state index >= 15 is 0 Å². The number of hydrogen-bond donors (Lipinski definition) is 1. The second-order valence-electron chi connectivity index (χ2n) is 4.63. The monoisotopic (exact) mass is 222 g/mol. The van der Waals surface area contributed by atoms with Crippen LogP contribution >= 0.6 is 0 Å². The fourth-order valence-electron chi connectivity index (χ4n) is 1.97. The van der Waals surface area contributed by atoms with Gasteiger partial charge in [-0.25, -0.2) is 5.26 Å². The third-order valence-electron chi connectivity index (χ3n) is 3.02. The van der Waals surface area contributed by atoms with Crippen molar-refractivity contribution in [1.82, 2.24) is 0 Å². The number of rotatable bonds is 5. The summed E-state index contributed by atoms with van der Waals surface area (Å²) < 4.78 is 0. The van der Waals surface area contributed by atoms with Gasteiger partial charge in [0, 0.05) is 11.1 Å². The normalized spacial score (nSPS) is 10.9. The number of unbranched alkanes of at least 4 members (excludes halogenated alkanes) is 1. The van der Waals surface area contributed by atoms with Gasteiger partial charge in [-0.1, -0.05) is 39.3 Å². The third-order valence-corrected chi connectivity index (χ3v) is 3.02. The average Bonchev–Trinajstić information content (AvgIpc) is 2.26. The minimum absolute atomic E-state index is 0.364. The molecule has 0 heterocycles. The van der Waals surface area contributed by atoms with Crippen molar-refractivity contribution < 1.29 is 10.1 Å². The fraction of sp³-hybridized carbons (Fsp3) is 0.571. The molecule has 0 bridgehead atoms. The van der Waals surface area contributed by atoms with Crippen molar-refractivity contribution >= 4 is 0 Å². The van der Waals surface area contributed by atoms with Crippen LogP contribution in [0.25, 0.3) is 0 Å². The highest BCUT2D eigenvalue weighted by atomic mass is 17.1. The van der Waals surface area contributed by atoms with Crippen LogP contribution in [0, 0.1) is 6.92 Å². The molecule has 0 spiro atoms. The summed E-state index contributed by atoms with van der Waals surface area (Å²) in [5.41, 5.74) is 3.43. The topological polar surface area (TPSA) is 29.5 Å². The maximum Gasteiger partial charge on any atom is 0.171 e. The summed E-state index contributed by atoms with van der Waals surface area (Å²) in [6, 6.07) is 4.16. The number of benzene rings is 1. The molecule has 0 aliphatic heterocycles. The SMILES string of the molecule is CCCCc1c(C)ccc(C(C)C)c1OO. The van der Waals surface area contributed by atoms with Crippen LogP contribution in [0.3, 0.4) is 0 Å². The molecule has 0 unspecified atom stereocenters. The van der Waals surface area contributed by atoms with Crippen LogP contribution in [0.15, 0.2) is 12.1 Å².